The molecule has 2 N–H and O–H groups in total. The number of ether oxygens (including phenoxy) is 1. The number of hydrogen-bond donors (Lipinski definition) is 2. The minimum atomic E-state index is -0.727. The van der Waals surface area contributed by atoms with Crippen molar-refractivity contribution in [3.8, 4) is 0 Å². The second kappa shape index (κ2) is 8.81. The summed E-state index contributed by atoms with van der Waals surface area (Å²) < 4.78 is 4.89. The van der Waals surface area contributed by atoms with Crippen molar-refractivity contribution in [3.05, 3.63) is 16.0 Å². The van der Waals surface area contributed by atoms with Gasteiger partial charge in [0.2, 0.25) is 0 Å². The van der Waals surface area contributed by atoms with Gasteiger partial charge < -0.3 is 20.1 Å². The van der Waals surface area contributed by atoms with Gasteiger partial charge in [-0.25, -0.2) is 4.79 Å². The highest BCUT2D eigenvalue weighted by molar-refractivity contribution is 7.17. The van der Waals surface area contributed by atoms with Gasteiger partial charge in [0.05, 0.1) is 19.3 Å². The number of thiophene rings is 1. The average Bonchev–Trinajstić information content (AvgIpc) is 3.05. The summed E-state index contributed by atoms with van der Waals surface area (Å²) in [4.78, 5) is 41.9. The number of rotatable bonds is 4. The van der Waals surface area contributed by atoms with E-state index >= 15 is 0 Å². The van der Waals surface area contributed by atoms with Crippen LogP contribution in [0.1, 0.15) is 33.6 Å². The molecule has 1 aromatic heterocycles. The van der Waals surface area contributed by atoms with Gasteiger partial charge in [-0.3, -0.25) is 14.5 Å². The van der Waals surface area contributed by atoms with E-state index in [1.54, 1.807) is 0 Å². The molecule has 148 valence electrons. The molecular formula is C18H25N3O5S. The van der Waals surface area contributed by atoms with Crippen LogP contribution in [0.4, 0.5) is 5.00 Å². The number of nitrogens with one attached hydrogen (secondary N) is 1. The van der Waals surface area contributed by atoms with Crippen LogP contribution in [0.25, 0.3) is 0 Å². The number of esters is 1. The Morgan fingerprint density at radius 3 is 2.52 bits per heavy atom. The summed E-state index contributed by atoms with van der Waals surface area (Å²) in [6.45, 7) is 2.78. The third-order valence-electron chi connectivity index (χ3n) is 5.06. The molecule has 8 nitrogen and oxygen atoms in total. The first-order valence-corrected chi connectivity index (χ1v) is 10.0. The number of methoxy groups -OCH3 is 1. The summed E-state index contributed by atoms with van der Waals surface area (Å²) >= 11 is 1.37. The van der Waals surface area contributed by atoms with E-state index in [0.29, 0.717) is 43.3 Å². The highest BCUT2D eigenvalue weighted by atomic mass is 32.1. The van der Waals surface area contributed by atoms with Crippen molar-refractivity contribution in [1.82, 2.24) is 9.80 Å². The normalized spacial score (nSPS) is 17.3. The third kappa shape index (κ3) is 4.31. The Morgan fingerprint density at radius 1 is 1.15 bits per heavy atom. The Hall–Kier alpha value is -1.97. The van der Waals surface area contributed by atoms with Crippen molar-refractivity contribution < 1.29 is 24.2 Å². The second-order valence-electron chi connectivity index (χ2n) is 6.72. The Morgan fingerprint density at radius 2 is 1.85 bits per heavy atom. The molecule has 0 saturated carbocycles. The maximum Gasteiger partial charge on any atom is 0.341 e. The molecule has 1 aliphatic heterocycles. The highest BCUT2D eigenvalue weighted by Gasteiger charge is 2.30. The predicted molar refractivity (Wildman–Crippen MR) is 101 cm³/mol. The van der Waals surface area contributed by atoms with Crippen LogP contribution < -0.4 is 5.32 Å². The summed E-state index contributed by atoms with van der Waals surface area (Å²) in [6.07, 6.45) is 3.71. The van der Waals surface area contributed by atoms with E-state index in [1.807, 2.05) is 4.90 Å². The van der Waals surface area contributed by atoms with Gasteiger partial charge in [0.25, 0.3) is 0 Å². The molecule has 0 unspecified atom stereocenters. The van der Waals surface area contributed by atoms with Crippen molar-refractivity contribution in [2.75, 3.05) is 51.8 Å². The summed E-state index contributed by atoms with van der Waals surface area (Å²) in [5.74, 6) is -1.80. The van der Waals surface area contributed by atoms with E-state index < -0.39 is 17.8 Å². The molecule has 1 fully saturated rings. The molecule has 2 aliphatic rings. The monoisotopic (exact) mass is 395 g/mol. The lowest BCUT2D eigenvalue weighted by Crippen LogP contribution is -2.52. The summed E-state index contributed by atoms with van der Waals surface area (Å²) in [6, 6.07) is 0. The lowest BCUT2D eigenvalue weighted by molar-refractivity contribution is -0.144. The van der Waals surface area contributed by atoms with Gasteiger partial charge in [-0.05, 0) is 31.2 Å². The number of carbonyl (C=O) groups excluding carboxylic acids is 3. The van der Waals surface area contributed by atoms with Crippen LogP contribution >= 0.6 is 11.3 Å². The fourth-order valence-electron chi connectivity index (χ4n) is 3.59. The third-order valence-corrected chi connectivity index (χ3v) is 6.27. The van der Waals surface area contributed by atoms with Gasteiger partial charge in [-0.1, -0.05) is 0 Å². The standard InChI is InChI=1S/C18H25N3O5S/c1-26-18(25)14-12-4-2-3-5-13(12)27-16(14)19-15(23)17(24)21-8-6-20(7-9-21)10-11-22/h22H,2-11H2,1H3,(H,19,23). The number of β-amino-alcohol motifs (C(OH)–C–C–N with tert-alkyl or cyclic N) is 1. The molecule has 9 heteroatoms. The van der Waals surface area contributed by atoms with Crippen LogP contribution in [0, 0.1) is 0 Å². The van der Waals surface area contributed by atoms with Gasteiger partial charge >= 0.3 is 17.8 Å². The second-order valence-corrected chi connectivity index (χ2v) is 7.82. The number of piperazine rings is 1. The summed E-state index contributed by atoms with van der Waals surface area (Å²) in [5.41, 5.74) is 1.34. The molecule has 0 spiro atoms. The number of fused-ring (bicyclic) bond motifs is 1. The number of aryl methyl sites for hydroxylation is 1. The van der Waals surface area contributed by atoms with Crippen molar-refractivity contribution in [1.29, 1.82) is 0 Å². The van der Waals surface area contributed by atoms with Gasteiger partial charge in [0.15, 0.2) is 0 Å². The van der Waals surface area contributed by atoms with Gasteiger partial charge in [0.1, 0.15) is 5.00 Å². The molecule has 0 bridgehead atoms. The largest absolute Gasteiger partial charge is 0.465 e. The fraction of sp³-hybridized carbons (Fsp3) is 0.611. The zero-order valence-corrected chi connectivity index (χ0v) is 16.3. The van der Waals surface area contributed by atoms with Crippen LogP contribution in [0.2, 0.25) is 0 Å². The molecule has 3 rings (SSSR count). The van der Waals surface area contributed by atoms with Crippen LogP contribution in [-0.4, -0.2) is 79.1 Å². The maximum absolute atomic E-state index is 12.5. The highest BCUT2D eigenvalue weighted by Crippen LogP contribution is 2.38. The first-order valence-electron chi connectivity index (χ1n) is 9.21. The zero-order chi connectivity index (χ0) is 19.4. The number of aliphatic hydroxyl groups is 1. The average molecular weight is 395 g/mol. The Labute approximate surface area is 162 Å². The number of amides is 2. The van der Waals surface area contributed by atoms with E-state index in [2.05, 4.69) is 5.32 Å². The molecule has 2 heterocycles. The van der Waals surface area contributed by atoms with Crippen LogP contribution in [-0.2, 0) is 27.2 Å². The SMILES string of the molecule is COC(=O)c1c(NC(=O)C(=O)N2CCN(CCO)CC2)sc2c1CCCC2. The summed E-state index contributed by atoms with van der Waals surface area (Å²) in [5, 5.41) is 12.0. The minimum Gasteiger partial charge on any atom is -0.465 e. The summed E-state index contributed by atoms with van der Waals surface area (Å²) in [7, 11) is 1.32. The van der Waals surface area contributed by atoms with E-state index in [4.69, 9.17) is 9.84 Å². The quantitative estimate of drug-likeness (QED) is 0.569. The van der Waals surface area contributed by atoms with Crippen molar-refractivity contribution in [2.45, 2.75) is 25.7 Å². The molecule has 0 radical (unpaired) electrons. The maximum atomic E-state index is 12.5. The Balaban J connectivity index is 1.70. The first-order chi connectivity index (χ1) is 13.0. The van der Waals surface area contributed by atoms with Gasteiger partial charge in [-0.2, -0.15) is 0 Å². The fourth-order valence-corrected chi connectivity index (χ4v) is 4.86. The predicted octanol–water partition coefficient (Wildman–Crippen LogP) is 0.488. The van der Waals surface area contributed by atoms with Crippen molar-refractivity contribution in [3.63, 3.8) is 0 Å². The number of aliphatic hydroxyl groups excluding tert-OH is 1. The number of hydrogen-bond acceptors (Lipinski definition) is 7. The Kier molecular flexibility index (Phi) is 6.46. The molecule has 0 aromatic carbocycles. The smallest absolute Gasteiger partial charge is 0.341 e. The van der Waals surface area contributed by atoms with Crippen LogP contribution in [0.3, 0.4) is 0 Å². The lowest BCUT2D eigenvalue weighted by atomic mass is 9.95. The van der Waals surface area contributed by atoms with E-state index in [-0.39, 0.29) is 6.61 Å². The zero-order valence-electron chi connectivity index (χ0n) is 15.5. The van der Waals surface area contributed by atoms with E-state index in [0.717, 1.165) is 36.1 Å². The molecule has 27 heavy (non-hydrogen) atoms. The van der Waals surface area contributed by atoms with Crippen molar-refractivity contribution >= 4 is 34.1 Å². The number of carbonyl (C=O) groups is 3. The lowest BCUT2D eigenvalue weighted by Gasteiger charge is -2.33. The van der Waals surface area contributed by atoms with E-state index in [9.17, 15) is 14.4 Å². The van der Waals surface area contributed by atoms with Gasteiger partial charge in [-0.15, -0.1) is 11.3 Å². The molecule has 1 saturated heterocycles. The van der Waals surface area contributed by atoms with E-state index in [1.165, 1.54) is 23.3 Å². The molecule has 0 atom stereocenters. The Bertz CT molecular complexity index is 725. The topological polar surface area (TPSA) is 99.2 Å². The molecular weight excluding hydrogens is 370 g/mol. The van der Waals surface area contributed by atoms with Crippen LogP contribution in [0.5, 0.6) is 0 Å². The molecule has 2 amide bonds. The minimum absolute atomic E-state index is 0.0772. The van der Waals surface area contributed by atoms with Crippen molar-refractivity contribution in [2.24, 2.45) is 0 Å². The van der Waals surface area contributed by atoms with Crippen LogP contribution in [0.15, 0.2) is 0 Å². The van der Waals surface area contributed by atoms with Gasteiger partial charge in [0, 0.05) is 37.6 Å². The number of nitrogens with zero attached hydrogens (tertiary/aromatic N) is 2. The first kappa shape index (κ1) is 19.8. The molecule has 1 aliphatic carbocycles. The molecule has 1 aromatic rings. The number of anilines is 1.